The summed E-state index contributed by atoms with van der Waals surface area (Å²) < 4.78 is 19.3. The molecule has 10 heteroatoms. The highest BCUT2D eigenvalue weighted by Gasteiger charge is 2.37. The van der Waals surface area contributed by atoms with Crippen molar-refractivity contribution in [3.63, 3.8) is 0 Å². The molecule has 1 fully saturated rings. The fraction of sp³-hybridized carbons (Fsp3) is 0.0417. The zero-order chi connectivity index (χ0) is 24.4. The van der Waals surface area contributed by atoms with Crippen LogP contribution in [0.25, 0.3) is 6.08 Å². The number of benzene rings is 3. The number of nitrogens with one attached hydrogen (secondary N) is 1. The van der Waals surface area contributed by atoms with E-state index in [-0.39, 0.29) is 39.2 Å². The minimum absolute atomic E-state index is 0.0391. The number of carbonyl (C=O) groups is 3. The molecular weight excluding hydrogens is 506 g/mol. The maximum absolute atomic E-state index is 13.5. The van der Waals surface area contributed by atoms with Crippen molar-refractivity contribution in [1.82, 2.24) is 5.32 Å². The number of anilines is 1. The lowest BCUT2D eigenvalue weighted by Crippen LogP contribution is -2.54. The molecule has 1 saturated heterocycles. The summed E-state index contributed by atoms with van der Waals surface area (Å²) in [6, 6.07) is 13.8. The van der Waals surface area contributed by atoms with Gasteiger partial charge in [0, 0.05) is 15.6 Å². The van der Waals surface area contributed by atoms with Crippen molar-refractivity contribution in [3.8, 4) is 5.75 Å². The molecule has 172 valence electrons. The van der Waals surface area contributed by atoms with Gasteiger partial charge in [-0.3, -0.25) is 14.9 Å². The van der Waals surface area contributed by atoms with Gasteiger partial charge < -0.3 is 4.74 Å². The third-order valence-corrected chi connectivity index (χ3v) is 5.51. The Balaban J connectivity index is 1.72. The van der Waals surface area contributed by atoms with Crippen LogP contribution in [0.1, 0.15) is 11.1 Å². The van der Waals surface area contributed by atoms with Crippen molar-refractivity contribution in [2.45, 2.75) is 6.61 Å². The van der Waals surface area contributed by atoms with E-state index in [4.69, 9.17) is 39.5 Å². The summed E-state index contributed by atoms with van der Waals surface area (Å²) in [5.74, 6) is -2.08. The van der Waals surface area contributed by atoms with Gasteiger partial charge >= 0.3 is 6.03 Å². The smallest absolute Gasteiger partial charge is 0.335 e. The summed E-state index contributed by atoms with van der Waals surface area (Å²) in [6.45, 7) is -0.0391. The minimum Gasteiger partial charge on any atom is -0.487 e. The molecule has 0 saturated carbocycles. The molecule has 0 bridgehead atoms. The minimum atomic E-state index is -0.916. The van der Waals surface area contributed by atoms with E-state index in [0.717, 1.165) is 4.90 Å². The molecule has 0 atom stereocenters. The summed E-state index contributed by atoms with van der Waals surface area (Å²) in [7, 11) is 0. The molecule has 3 aromatic rings. The summed E-state index contributed by atoms with van der Waals surface area (Å²) >= 11 is 18.4. The predicted molar refractivity (Wildman–Crippen MR) is 128 cm³/mol. The second-order valence-corrected chi connectivity index (χ2v) is 8.44. The number of nitrogens with zero attached hydrogens (tertiary/aromatic N) is 1. The van der Waals surface area contributed by atoms with Crippen LogP contribution in [0, 0.1) is 5.82 Å². The quantitative estimate of drug-likeness (QED) is 0.330. The summed E-state index contributed by atoms with van der Waals surface area (Å²) in [6.07, 6.45) is 1.22. The lowest BCUT2D eigenvalue weighted by atomic mass is 10.1. The van der Waals surface area contributed by atoms with E-state index >= 15 is 0 Å². The molecule has 3 aromatic carbocycles. The number of amides is 4. The zero-order valence-electron chi connectivity index (χ0n) is 17.2. The fourth-order valence-corrected chi connectivity index (χ4v) is 4.03. The van der Waals surface area contributed by atoms with E-state index in [1.165, 1.54) is 48.5 Å². The van der Waals surface area contributed by atoms with Crippen LogP contribution in [0.3, 0.4) is 0 Å². The highest BCUT2D eigenvalue weighted by molar-refractivity contribution is 6.40. The predicted octanol–water partition coefficient (Wildman–Crippen LogP) is 6.03. The number of hydrogen-bond donors (Lipinski definition) is 1. The van der Waals surface area contributed by atoms with Gasteiger partial charge in [-0.15, -0.1) is 0 Å². The van der Waals surface area contributed by atoms with Crippen LogP contribution in [-0.4, -0.2) is 17.8 Å². The van der Waals surface area contributed by atoms with E-state index in [2.05, 4.69) is 5.32 Å². The van der Waals surface area contributed by atoms with Crippen LogP contribution in [0.2, 0.25) is 15.1 Å². The van der Waals surface area contributed by atoms with Gasteiger partial charge in [0.05, 0.1) is 10.7 Å². The SMILES string of the molecule is O=C1NC(=O)N(c2cccc(Cl)c2)C(=O)/C1=C/c1cc(Cl)cc(Cl)c1OCc1cccc(F)c1. The summed E-state index contributed by atoms with van der Waals surface area (Å²) in [5.41, 5.74) is 0.579. The Hall–Kier alpha value is -3.39. The highest BCUT2D eigenvalue weighted by atomic mass is 35.5. The van der Waals surface area contributed by atoms with Gasteiger partial charge in [0.2, 0.25) is 0 Å². The molecule has 0 spiro atoms. The van der Waals surface area contributed by atoms with Gasteiger partial charge in [-0.25, -0.2) is 14.1 Å². The Morgan fingerprint density at radius 3 is 2.44 bits per heavy atom. The second-order valence-electron chi connectivity index (χ2n) is 7.16. The average Bonchev–Trinajstić information content (AvgIpc) is 2.76. The number of urea groups is 1. The molecule has 0 radical (unpaired) electrons. The van der Waals surface area contributed by atoms with E-state index < -0.39 is 23.7 Å². The first kappa shape index (κ1) is 23.8. The van der Waals surface area contributed by atoms with Crippen molar-refractivity contribution in [2.24, 2.45) is 0 Å². The van der Waals surface area contributed by atoms with Crippen LogP contribution in [0.15, 0.2) is 66.2 Å². The maximum atomic E-state index is 13.5. The molecule has 4 rings (SSSR count). The van der Waals surface area contributed by atoms with E-state index in [0.29, 0.717) is 10.6 Å². The molecule has 1 heterocycles. The average molecular weight is 520 g/mol. The van der Waals surface area contributed by atoms with Gasteiger partial charge in [0.1, 0.15) is 23.7 Å². The number of carbonyl (C=O) groups excluding carboxylic acids is 3. The molecule has 6 nitrogen and oxygen atoms in total. The van der Waals surface area contributed by atoms with Crippen molar-refractivity contribution in [1.29, 1.82) is 0 Å². The number of rotatable bonds is 5. The maximum Gasteiger partial charge on any atom is 0.335 e. The molecule has 1 N–H and O–H groups in total. The first-order valence-corrected chi connectivity index (χ1v) is 10.9. The monoisotopic (exact) mass is 518 g/mol. The van der Waals surface area contributed by atoms with E-state index in [1.54, 1.807) is 18.2 Å². The van der Waals surface area contributed by atoms with Crippen LogP contribution >= 0.6 is 34.8 Å². The lowest BCUT2D eigenvalue weighted by molar-refractivity contribution is -0.122. The third-order valence-electron chi connectivity index (χ3n) is 4.78. The van der Waals surface area contributed by atoms with Crippen LogP contribution in [-0.2, 0) is 16.2 Å². The number of imide groups is 2. The Kier molecular flexibility index (Phi) is 6.88. The second kappa shape index (κ2) is 9.85. The van der Waals surface area contributed by atoms with E-state index in [9.17, 15) is 18.8 Å². The zero-order valence-corrected chi connectivity index (χ0v) is 19.4. The lowest BCUT2D eigenvalue weighted by Gasteiger charge is -2.26. The van der Waals surface area contributed by atoms with Gasteiger partial charge in [-0.1, -0.05) is 53.0 Å². The molecule has 4 amide bonds. The fourth-order valence-electron chi connectivity index (χ4n) is 3.28. The standard InChI is InChI=1S/C24H14Cl3FN2O4/c25-15-4-2-6-18(10-15)30-23(32)19(22(31)29-24(30)33)9-14-8-16(26)11-20(27)21(14)34-12-13-3-1-5-17(28)7-13/h1-11H,12H2,(H,29,31,33)/b19-9+. The van der Waals surface area contributed by atoms with Gasteiger partial charge in [0.15, 0.2) is 0 Å². The summed E-state index contributed by atoms with van der Waals surface area (Å²) in [5, 5.41) is 2.77. The first-order valence-electron chi connectivity index (χ1n) is 9.76. The van der Waals surface area contributed by atoms with Crippen molar-refractivity contribution >= 4 is 64.4 Å². The Morgan fingerprint density at radius 1 is 0.941 bits per heavy atom. The number of hydrogen-bond acceptors (Lipinski definition) is 4. The molecule has 0 aliphatic carbocycles. The van der Waals surface area contributed by atoms with Crippen LogP contribution in [0.5, 0.6) is 5.75 Å². The van der Waals surface area contributed by atoms with Crippen molar-refractivity contribution < 1.29 is 23.5 Å². The molecule has 1 aliphatic heterocycles. The van der Waals surface area contributed by atoms with Crippen molar-refractivity contribution in [3.05, 3.63) is 98.2 Å². The Labute approximate surface area is 208 Å². The highest BCUT2D eigenvalue weighted by Crippen LogP contribution is 2.35. The Bertz CT molecular complexity index is 1360. The van der Waals surface area contributed by atoms with Crippen LogP contribution in [0.4, 0.5) is 14.9 Å². The van der Waals surface area contributed by atoms with Gasteiger partial charge in [0.25, 0.3) is 11.8 Å². The van der Waals surface area contributed by atoms with E-state index in [1.807, 2.05) is 0 Å². The Morgan fingerprint density at radius 2 is 1.71 bits per heavy atom. The molecule has 34 heavy (non-hydrogen) atoms. The van der Waals surface area contributed by atoms with Gasteiger partial charge in [-0.2, -0.15) is 0 Å². The topological polar surface area (TPSA) is 75.7 Å². The largest absolute Gasteiger partial charge is 0.487 e. The number of halogens is 4. The third kappa shape index (κ3) is 5.07. The number of ether oxygens (including phenoxy) is 1. The number of barbiturate groups is 1. The first-order chi connectivity index (χ1) is 16.2. The van der Waals surface area contributed by atoms with Gasteiger partial charge in [-0.05, 0) is 54.1 Å². The van der Waals surface area contributed by atoms with Crippen LogP contribution < -0.4 is 15.0 Å². The molecule has 0 unspecified atom stereocenters. The molecule has 0 aromatic heterocycles. The summed E-state index contributed by atoms with van der Waals surface area (Å²) in [4.78, 5) is 38.9. The van der Waals surface area contributed by atoms with Crippen molar-refractivity contribution in [2.75, 3.05) is 4.90 Å². The normalized spacial score (nSPS) is 15.0. The molecule has 1 aliphatic rings. The molecular formula is C24H14Cl3FN2O4.